The Morgan fingerprint density at radius 2 is 1.85 bits per heavy atom. The average Bonchev–Trinajstić information content (AvgIpc) is 3.39. The van der Waals surface area contributed by atoms with Crippen molar-refractivity contribution in [3.63, 3.8) is 0 Å². The smallest absolute Gasteiger partial charge is 0.229 e. The lowest BCUT2D eigenvalue weighted by molar-refractivity contribution is 0.417. The number of ether oxygens (including phenoxy) is 1. The van der Waals surface area contributed by atoms with Gasteiger partial charge >= 0.3 is 0 Å². The number of hydrogen-bond acceptors (Lipinski definition) is 5. The van der Waals surface area contributed by atoms with E-state index in [-0.39, 0.29) is 12.1 Å². The second kappa shape index (κ2) is 10.9. The summed E-state index contributed by atoms with van der Waals surface area (Å²) in [6, 6.07) is 18.0. The number of benzene rings is 2. The third-order valence-corrected chi connectivity index (χ3v) is 8.24. The Bertz CT molecular complexity index is 1710. The zero-order valence-corrected chi connectivity index (χ0v) is 25.3. The fraction of sp³-hybridized carbons (Fsp3) is 0.214. The lowest BCUT2D eigenvalue weighted by Gasteiger charge is -2.29. The van der Waals surface area contributed by atoms with Crippen LogP contribution in [0.2, 0.25) is 10.0 Å². The maximum absolute atomic E-state index is 11.9. The summed E-state index contributed by atoms with van der Waals surface area (Å²) >= 11 is 18.7. The van der Waals surface area contributed by atoms with E-state index in [4.69, 9.17) is 40.2 Å². The number of halogens is 2. The molecule has 3 heterocycles. The Labute approximate surface area is 248 Å². The fourth-order valence-corrected chi connectivity index (χ4v) is 6.59. The number of hydrogen-bond donors (Lipinski definition) is 2. The molecule has 12 heteroatoms. The van der Waals surface area contributed by atoms with E-state index in [0.717, 1.165) is 40.3 Å². The second-order valence-electron chi connectivity index (χ2n) is 9.51. The predicted octanol–water partition coefficient (Wildman–Crippen LogP) is 6.35. The Balaban J connectivity index is 1.67. The van der Waals surface area contributed by atoms with Crippen LogP contribution in [0.25, 0.3) is 5.69 Å². The molecule has 1 aliphatic heterocycles. The molecule has 0 bridgehead atoms. The van der Waals surface area contributed by atoms with Crippen LogP contribution < -0.4 is 19.7 Å². The molecule has 208 valence electrons. The van der Waals surface area contributed by atoms with Crippen LogP contribution in [0, 0.1) is 13.8 Å². The van der Waals surface area contributed by atoms with Gasteiger partial charge in [0, 0.05) is 34.4 Å². The minimum atomic E-state index is -3.50. The van der Waals surface area contributed by atoms with E-state index in [0.29, 0.717) is 26.6 Å². The number of anilines is 2. The summed E-state index contributed by atoms with van der Waals surface area (Å²) in [6.45, 7) is 4.07. The number of methoxy groups -OCH3 is 1. The second-order valence-corrected chi connectivity index (χ2v) is 12.5. The first-order valence-electron chi connectivity index (χ1n) is 12.3. The molecule has 2 aromatic heterocycles. The van der Waals surface area contributed by atoms with E-state index >= 15 is 0 Å². The number of sulfonamides is 1. The topological polar surface area (TPSA) is 88.5 Å². The molecule has 0 radical (unpaired) electrons. The van der Waals surface area contributed by atoms with Gasteiger partial charge < -0.3 is 19.5 Å². The highest BCUT2D eigenvalue weighted by molar-refractivity contribution is 7.92. The van der Waals surface area contributed by atoms with Crippen molar-refractivity contribution in [2.45, 2.75) is 25.9 Å². The fourth-order valence-electron chi connectivity index (χ4n) is 5.18. The lowest BCUT2D eigenvalue weighted by atomic mass is 9.96. The van der Waals surface area contributed by atoms with E-state index in [1.165, 1.54) is 7.11 Å². The highest BCUT2D eigenvalue weighted by Gasteiger charge is 2.42. The summed E-state index contributed by atoms with van der Waals surface area (Å²) < 4.78 is 33.9. The molecule has 0 amide bonds. The Hall–Kier alpha value is -3.31. The van der Waals surface area contributed by atoms with Crippen LogP contribution in [-0.2, 0) is 10.0 Å². The van der Waals surface area contributed by atoms with Crippen LogP contribution in [0.1, 0.15) is 34.7 Å². The Morgan fingerprint density at radius 3 is 2.50 bits per heavy atom. The van der Waals surface area contributed by atoms with Crippen molar-refractivity contribution >= 4 is 61.9 Å². The van der Waals surface area contributed by atoms with Crippen molar-refractivity contribution in [3.8, 4) is 11.4 Å². The first kappa shape index (κ1) is 28.2. The van der Waals surface area contributed by atoms with Crippen LogP contribution in [0.5, 0.6) is 5.75 Å². The molecule has 1 aliphatic rings. The van der Waals surface area contributed by atoms with Crippen molar-refractivity contribution < 1.29 is 13.2 Å². The van der Waals surface area contributed by atoms with Gasteiger partial charge in [-0.1, -0.05) is 29.3 Å². The highest BCUT2D eigenvalue weighted by atomic mass is 35.5. The normalized spacial score (nSPS) is 17.1. The first-order valence-corrected chi connectivity index (χ1v) is 15.3. The summed E-state index contributed by atoms with van der Waals surface area (Å²) in [6.07, 6.45) is 2.85. The Morgan fingerprint density at radius 1 is 1.07 bits per heavy atom. The monoisotopic (exact) mass is 615 g/mol. The van der Waals surface area contributed by atoms with Gasteiger partial charge in [0.2, 0.25) is 10.0 Å². The lowest BCUT2D eigenvalue weighted by Crippen LogP contribution is -2.29. The van der Waals surface area contributed by atoms with Crippen molar-refractivity contribution in [2.75, 3.05) is 23.0 Å². The molecule has 1 fully saturated rings. The average molecular weight is 617 g/mol. The number of rotatable bonds is 7. The maximum Gasteiger partial charge on any atom is 0.229 e. The van der Waals surface area contributed by atoms with Gasteiger partial charge in [-0.25, -0.2) is 8.42 Å². The van der Waals surface area contributed by atoms with Crippen LogP contribution >= 0.6 is 35.4 Å². The van der Waals surface area contributed by atoms with Crippen LogP contribution in [0.4, 0.5) is 11.4 Å². The number of thiocarbonyl (C=S) groups is 1. The molecule has 0 aliphatic carbocycles. The number of nitrogens with one attached hydrogen (secondary N) is 2. The van der Waals surface area contributed by atoms with E-state index < -0.39 is 10.0 Å². The minimum Gasteiger partial charge on any atom is -0.494 e. The molecular weight excluding hydrogens is 589 g/mol. The molecule has 0 saturated carbocycles. The quantitative estimate of drug-likeness (QED) is 0.234. The van der Waals surface area contributed by atoms with Crippen molar-refractivity contribution in [2.24, 2.45) is 0 Å². The van der Waals surface area contributed by atoms with E-state index in [1.807, 2.05) is 55.1 Å². The molecule has 4 aromatic rings. The molecule has 0 unspecified atom stereocenters. The number of aryl methyl sites for hydroxylation is 1. The van der Waals surface area contributed by atoms with Gasteiger partial charge in [-0.3, -0.25) is 9.71 Å². The number of pyridine rings is 1. The third-order valence-electron chi connectivity index (χ3n) is 6.80. The minimum absolute atomic E-state index is 0.275. The molecule has 40 heavy (non-hydrogen) atoms. The van der Waals surface area contributed by atoms with E-state index in [9.17, 15) is 8.42 Å². The maximum atomic E-state index is 11.9. The zero-order valence-electron chi connectivity index (χ0n) is 22.1. The van der Waals surface area contributed by atoms with Gasteiger partial charge in [-0.15, -0.1) is 0 Å². The van der Waals surface area contributed by atoms with Gasteiger partial charge in [-0.2, -0.15) is 0 Å². The molecule has 8 nitrogen and oxygen atoms in total. The molecule has 5 rings (SSSR count). The molecule has 2 N–H and O–H groups in total. The summed E-state index contributed by atoms with van der Waals surface area (Å²) in [5, 5.41) is 5.06. The summed E-state index contributed by atoms with van der Waals surface area (Å²) in [5.74, 6) is 0.365. The molecule has 2 atom stereocenters. The van der Waals surface area contributed by atoms with Gasteiger partial charge in [0.1, 0.15) is 5.75 Å². The van der Waals surface area contributed by atoms with Gasteiger partial charge in [0.25, 0.3) is 0 Å². The molecule has 0 spiro atoms. The van der Waals surface area contributed by atoms with Crippen molar-refractivity contribution in [3.05, 3.63) is 99.6 Å². The van der Waals surface area contributed by atoms with Crippen molar-refractivity contribution in [1.29, 1.82) is 0 Å². The first-order chi connectivity index (χ1) is 19.0. The largest absolute Gasteiger partial charge is 0.494 e. The number of nitrogens with zero attached hydrogens (tertiary/aromatic N) is 3. The van der Waals surface area contributed by atoms with Gasteiger partial charge in [-0.05, 0) is 80.2 Å². The SMILES string of the molecule is COc1cc(N2C(=S)N[C@H](c3ccccn3)[C@@H]2c2cc(C)n(-c3ccc(Cl)cc3Cl)c2C)ccc1NS(C)(=O)=O. The van der Waals surface area contributed by atoms with Crippen LogP contribution in [0.15, 0.2) is 66.9 Å². The molecule has 1 saturated heterocycles. The van der Waals surface area contributed by atoms with Crippen LogP contribution in [0.3, 0.4) is 0 Å². The van der Waals surface area contributed by atoms with E-state index in [1.54, 1.807) is 24.4 Å². The summed E-state index contributed by atoms with van der Waals surface area (Å²) in [5.41, 5.74) is 5.69. The van der Waals surface area contributed by atoms with Gasteiger partial charge in [0.05, 0.1) is 47.5 Å². The van der Waals surface area contributed by atoms with Gasteiger partial charge in [0.15, 0.2) is 5.11 Å². The standard InChI is InChI=1S/C28H27Cl2N5O3S2/c1-16-13-20(17(2)34(16)24-11-8-18(29)14-21(24)30)27-26(23-7-5-6-12-31-23)32-28(39)35(27)19-9-10-22(25(15-19)38-3)33-40(4,36)37/h5-15,26-27,33H,1-4H3,(H,32,39)/t26-,27+/m1/s1. The summed E-state index contributed by atoms with van der Waals surface area (Å²) in [4.78, 5) is 6.65. The van der Waals surface area contributed by atoms with Crippen LogP contribution in [-0.4, -0.2) is 36.4 Å². The molecular formula is C28H27Cl2N5O3S2. The highest BCUT2D eigenvalue weighted by Crippen LogP contribution is 2.45. The zero-order chi connectivity index (χ0) is 28.8. The third kappa shape index (κ3) is 5.36. The number of aromatic nitrogens is 2. The predicted molar refractivity (Wildman–Crippen MR) is 165 cm³/mol. The summed E-state index contributed by atoms with van der Waals surface area (Å²) in [7, 11) is -2.01. The Kier molecular flexibility index (Phi) is 7.71. The van der Waals surface area contributed by atoms with Crippen molar-refractivity contribution in [1.82, 2.24) is 14.9 Å². The van der Waals surface area contributed by atoms with E-state index in [2.05, 4.69) is 25.7 Å². The molecule has 2 aromatic carbocycles.